The largest absolute Gasteiger partial charge is 0.481 e. The Morgan fingerprint density at radius 1 is 0.917 bits per heavy atom. The van der Waals surface area contributed by atoms with Gasteiger partial charge < -0.3 is 19.4 Å². The summed E-state index contributed by atoms with van der Waals surface area (Å²) in [5.41, 5.74) is 0.580. The van der Waals surface area contributed by atoms with Crippen LogP contribution in [0.15, 0.2) is 31.2 Å². The minimum Gasteiger partial charge on any atom is -0.481 e. The normalized spacial score (nSPS) is 23.4. The Bertz CT molecular complexity index is 1090. The standard InChI is InChI=1S/C24H28N2O8S2/c1-12-11-16(32-22(29)14-5-3-2-4-6-14)18-19(36-24(35-18)20(26-31)34-25)17(12)33-23(30)15-9-7-13(8-10-15)21(27)28/h11,13-15H,2-10,25H2,1H3,(H,27,28)/b24-20-. The molecule has 2 aliphatic carbocycles. The number of rotatable bonds is 7. The van der Waals surface area contributed by atoms with Crippen molar-refractivity contribution < 1.29 is 33.8 Å². The lowest BCUT2D eigenvalue weighted by Gasteiger charge is -2.25. The van der Waals surface area contributed by atoms with Crippen LogP contribution in [0.3, 0.4) is 0 Å². The summed E-state index contributed by atoms with van der Waals surface area (Å²) in [5, 5.41) is 12.0. The maximum Gasteiger partial charge on any atom is 0.314 e. The molecule has 194 valence electrons. The van der Waals surface area contributed by atoms with E-state index in [1.54, 1.807) is 13.0 Å². The predicted octanol–water partition coefficient (Wildman–Crippen LogP) is 5.26. The van der Waals surface area contributed by atoms with Crippen molar-refractivity contribution in [3.63, 3.8) is 0 Å². The summed E-state index contributed by atoms with van der Waals surface area (Å²) in [5.74, 6) is 2.88. The first-order valence-electron chi connectivity index (χ1n) is 12.0. The van der Waals surface area contributed by atoms with Gasteiger partial charge in [-0.2, -0.15) is 5.90 Å². The molecule has 0 aromatic heterocycles. The Labute approximate surface area is 216 Å². The molecule has 1 aliphatic heterocycles. The minimum absolute atomic E-state index is 0.165. The number of ether oxygens (including phenoxy) is 2. The zero-order valence-electron chi connectivity index (χ0n) is 19.8. The van der Waals surface area contributed by atoms with E-state index in [2.05, 4.69) is 10.0 Å². The molecule has 2 saturated carbocycles. The first-order chi connectivity index (χ1) is 17.3. The second-order valence-electron chi connectivity index (χ2n) is 9.25. The van der Waals surface area contributed by atoms with Gasteiger partial charge in [0.15, 0.2) is 0 Å². The number of thioether (sulfide) groups is 2. The van der Waals surface area contributed by atoms with Gasteiger partial charge in [-0.3, -0.25) is 14.4 Å². The molecular weight excluding hydrogens is 508 g/mol. The molecule has 3 N–H and O–H groups in total. The number of carboxylic acids is 1. The highest BCUT2D eigenvalue weighted by Crippen LogP contribution is 2.60. The molecule has 1 aromatic carbocycles. The number of hydrogen-bond acceptors (Lipinski definition) is 11. The summed E-state index contributed by atoms with van der Waals surface area (Å²) >= 11 is 2.21. The summed E-state index contributed by atoms with van der Waals surface area (Å²) in [6.45, 7) is 1.74. The van der Waals surface area contributed by atoms with Crippen LogP contribution in [-0.2, 0) is 19.2 Å². The van der Waals surface area contributed by atoms with Gasteiger partial charge in [0.2, 0.25) is 0 Å². The third-order valence-electron chi connectivity index (χ3n) is 6.86. The van der Waals surface area contributed by atoms with Crippen molar-refractivity contribution in [2.45, 2.75) is 74.5 Å². The topological polar surface area (TPSA) is 155 Å². The number of aliphatic carboxylic acids is 1. The van der Waals surface area contributed by atoms with Crippen LogP contribution >= 0.6 is 23.5 Å². The highest BCUT2D eigenvalue weighted by molar-refractivity contribution is 8.24. The third kappa shape index (κ3) is 5.70. The third-order valence-corrected chi connectivity index (χ3v) is 9.41. The van der Waals surface area contributed by atoms with Crippen LogP contribution in [0.1, 0.15) is 63.4 Å². The first kappa shape index (κ1) is 26.5. The van der Waals surface area contributed by atoms with Gasteiger partial charge in [-0.1, -0.05) is 42.8 Å². The maximum absolute atomic E-state index is 13.0. The number of benzene rings is 1. The van der Waals surface area contributed by atoms with Crippen LogP contribution in [0, 0.1) is 29.6 Å². The van der Waals surface area contributed by atoms with E-state index in [1.165, 1.54) is 0 Å². The van der Waals surface area contributed by atoms with Crippen molar-refractivity contribution in [2.24, 2.45) is 28.8 Å². The lowest BCUT2D eigenvalue weighted by atomic mass is 9.82. The molecule has 10 nitrogen and oxygen atoms in total. The quantitative estimate of drug-likeness (QED) is 0.154. The Morgan fingerprint density at radius 2 is 1.50 bits per heavy atom. The zero-order chi connectivity index (χ0) is 25.8. The number of carboxylic acid groups (broad SMARTS) is 1. The van der Waals surface area contributed by atoms with E-state index < -0.39 is 23.8 Å². The second kappa shape index (κ2) is 11.7. The molecule has 0 spiro atoms. The summed E-state index contributed by atoms with van der Waals surface area (Å²) in [7, 11) is 0. The molecule has 0 saturated heterocycles. The molecule has 1 heterocycles. The second-order valence-corrected chi connectivity index (χ2v) is 11.5. The first-order valence-corrected chi connectivity index (χ1v) is 13.6. The number of nitroso groups, excluding NO2 is 1. The fourth-order valence-corrected chi connectivity index (χ4v) is 7.31. The number of hydrogen-bond donors (Lipinski definition) is 2. The van der Waals surface area contributed by atoms with Crippen molar-refractivity contribution in [2.75, 3.05) is 0 Å². The smallest absolute Gasteiger partial charge is 0.314 e. The predicted molar refractivity (Wildman–Crippen MR) is 132 cm³/mol. The van der Waals surface area contributed by atoms with Crippen LogP contribution in [0.4, 0.5) is 0 Å². The molecule has 0 bridgehead atoms. The molecule has 0 unspecified atom stereocenters. The molecule has 3 aliphatic rings. The molecule has 1 aromatic rings. The molecule has 36 heavy (non-hydrogen) atoms. The van der Waals surface area contributed by atoms with Crippen molar-refractivity contribution in [1.82, 2.24) is 0 Å². The summed E-state index contributed by atoms with van der Waals surface area (Å²) < 4.78 is 12.0. The van der Waals surface area contributed by atoms with E-state index in [4.69, 9.17) is 15.4 Å². The van der Waals surface area contributed by atoms with Gasteiger partial charge in [0.05, 0.1) is 27.5 Å². The average molecular weight is 537 g/mol. The number of carbonyl (C=O) groups excluding carboxylic acids is 2. The highest BCUT2D eigenvalue weighted by atomic mass is 32.2. The number of nitrogens with two attached hydrogens (primary N) is 1. The van der Waals surface area contributed by atoms with Crippen LogP contribution in [0.25, 0.3) is 0 Å². The number of carbonyl (C=O) groups is 3. The van der Waals surface area contributed by atoms with E-state index in [1.807, 2.05) is 0 Å². The fourth-order valence-electron chi connectivity index (χ4n) is 4.80. The highest BCUT2D eigenvalue weighted by Gasteiger charge is 2.36. The SMILES string of the molecule is Cc1cc(OC(=O)C2CCCCC2)c2c(c1OC(=O)C1CCC(C(=O)O)CC1)S/C(=C(/N=O)ON)S2. The van der Waals surface area contributed by atoms with Gasteiger partial charge in [0.25, 0.3) is 5.88 Å². The van der Waals surface area contributed by atoms with Crippen molar-refractivity contribution in [3.05, 3.63) is 26.7 Å². The van der Waals surface area contributed by atoms with E-state index in [9.17, 15) is 24.4 Å². The van der Waals surface area contributed by atoms with E-state index in [-0.39, 0.29) is 17.8 Å². The summed E-state index contributed by atoms with van der Waals surface area (Å²) in [4.78, 5) is 53.9. The number of esters is 2. The molecular formula is C24H28N2O8S2. The molecule has 4 rings (SSSR count). The van der Waals surface area contributed by atoms with Crippen LogP contribution < -0.4 is 15.4 Å². The Balaban J connectivity index is 1.60. The van der Waals surface area contributed by atoms with E-state index in [0.717, 1.165) is 55.6 Å². The van der Waals surface area contributed by atoms with Gasteiger partial charge in [0.1, 0.15) is 15.7 Å². The summed E-state index contributed by atoms with van der Waals surface area (Å²) in [6, 6.07) is 1.65. The Hall–Kier alpha value is -2.57. The lowest BCUT2D eigenvalue weighted by molar-refractivity contribution is -0.147. The Morgan fingerprint density at radius 3 is 2.11 bits per heavy atom. The molecule has 0 radical (unpaired) electrons. The maximum atomic E-state index is 13.0. The van der Waals surface area contributed by atoms with Gasteiger partial charge >= 0.3 is 17.9 Å². The van der Waals surface area contributed by atoms with E-state index in [0.29, 0.717) is 56.8 Å². The molecule has 0 atom stereocenters. The molecule has 12 heteroatoms. The van der Waals surface area contributed by atoms with Crippen LogP contribution in [0.5, 0.6) is 11.5 Å². The number of fused-ring (bicyclic) bond motifs is 1. The fraction of sp³-hybridized carbons (Fsp3) is 0.542. The van der Waals surface area contributed by atoms with Gasteiger partial charge in [-0.25, -0.2) is 0 Å². The van der Waals surface area contributed by atoms with Crippen molar-refractivity contribution in [3.8, 4) is 11.5 Å². The van der Waals surface area contributed by atoms with Crippen LogP contribution in [-0.4, -0.2) is 23.0 Å². The number of nitrogens with zero attached hydrogens (tertiary/aromatic N) is 1. The van der Waals surface area contributed by atoms with Gasteiger partial charge in [-0.05, 0) is 57.1 Å². The summed E-state index contributed by atoms with van der Waals surface area (Å²) in [6.07, 6.45) is 6.35. The van der Waals surface area contributed by atoms with Crippen LogP contribution in [0.2, 0.25) is 0 Å². The van der Waals surface area contributed by atoms with Crippen molar-refractivity contribution >= 4 is 41.4 Å². The molecule has 2 fully saturated rings. The Kier molecular flexibility index (Phi) is 8.58. The lowest BCUT2D eigenvalue weighted by Crippen LogP contribution is -2.28. The van der Waals surface area contributed by atoms with Gasteiger partial charge in [-0.15, -0.1) is 4.91 Å². The van der Waals surface area contributed by atoms with E-state index >= 15 is 0 Å². The molecule has 0 amide bonds. The average Bonchev–Trinajstić information content (AvgIpc) is 3.33. The van der Waals surface area contributed by atoms with Crippen molar-refractivity contribution in [1.29, 1.82) is 0 Å². The minimum atomic E-state index is -0.844. The van der Waals surface area contributed by atoms with Gasteiger partial charge in [0, 0.05) is 5.18 Å². The monoisotopic (exact) mass is 536 g/mol. The zero-order valence-corrected chi connectivity index (χ0v) is 21.5. The number of aryl methyl sites for hydroxylation is 1.